The van der Waals surface area contributed by atoms with Crippen molar-refractivity contribution in [3.05, 3.63) is 30.1 Å². The van der Waals surface area contributed by atoms with Gasteiger partial charge in [0.25, 0.3) is 0 Å². The average Bonchev–Trinajstić information content (AvgIpc) is 2.29. The van der Waals surface area contributed by atoms with Gasteiger partial charge in [-0.2, -0.15) is 0 Å². The second-order valence-corrected chi connectivity index (χ2v) is 4.32. The summed E-state index contributed by atoms with van der Waals surface area (Å²) in [7, 11) is 0. The minimum absolute atomic E-state index is 0.593. The van der Waals surface area contributed by atoms with Gasteiger partial charge >= 0.3 is 0 Å². The monoisotopic (exact) mass is 221 g/mol. The SMILES string of the molecule is CC(C)NCCCNCCc1cccnc1. The molecule has 0 saturated heterocycles. The summed E-state index contributed by atoms with van der Waals surface area (Å²) >= 11 is 0. The first-order valence-electron chi connectivity index (χ1n) is 6.12. The Morgan fingerprint density at radius 1 is 1.25 bits per heavy atom. The molecule has 0 bridgehead atoms. The van der Waals surface area contributed by atoms with Gasteiger partial charge in [0, 0.05) is 18.4 Å². The maximum atomic E-state index is 4.09. The molecule has 0 spiro atoms. The third-order valence-corrected chi connectivity index (χ3v) is 2.40. The Kier molecular flexibility index (Phi) is 6.77. The predicted molar refractivity (Wildman–Crippen MR) is 68.6 cm³/mol. The Hall–Kier alpha value is -0.930. The van der Waals surface area contributed by atoms with Crippen molar-refractivity contribution in [1.29, 1.82) is 0 Å². The molecule has 0 fully saturated rings. The largest absolute Gasteiger partial charge is 0.316 e. The third kappa shape index (κ3) is 6.53. The van der Waals surface area contributed by atoms with Crippen LogP contribution in [0.2, 0.25) is 0 Å². The molecule has 0 unspecified atom stereocenters. The number of aromatic nitrogens is 1. The molecular weight excluding hydrogens is 198 g/mol. The van der Waals surface area contributed by atoms with Crippen molar-refractivity contribution in [2.45, 2.75) is 32.7 Å². The second-order valence-electron chi connectivity index (χ2n) is 4.32. The molecule has 0 aliphatic carbocycles. The predicted octanol–water partition coefficient (Wildman–Crippen LogP) is 1.60. The summed E-state index contributed by atoms with van der Waals surface area (Å²) in [5, 5.41) is 6.84. The van der Waals surface area contributed by atoms with Crippen LogP contribution in [0.15, 0.2) is 24.5 Å². The van der Waals surface area contributed by atoms with Gasteiger partial charge in [-0.3, -0.25) is 4.98 Å². The van der Waals surface area contributed by atoms with E-state index in [2.05, 4.69) is 35.5 Å². The van der Waals surface area contributed by atoms with E-state index in [1.54, 1.807) is 0 Å². The van der Waals surface area contributed by atoms with Crippen LogP contribution in [0.1, 0.15) is 25.8 Å². The van der Waals surface area contributed by atoms with Gasteiger partial charge in [-0.25, -0.2) is 0 Å². The Labute approximate surface area is 98.7 Å². The Balaban J connectivity index is 1.93. The van der Waals surface area contributed by atoms with Gasteiger partial charge < -0.3 is 10.6 Å². The number of nitrogens with one attached hydrogen (secondary N) is 2. The average molecular weight is 221 g/mol. The number of pyridine rings is 1. The molecule has 1 rings (SSSR count). The number of nitrogens with zero attached hydrogens (tertiary/aromatic N) is 1. The van der Waals surface area contributed by atoms with E-state index in [-0.39, 0.29) is 0 Å². The molecule has 16 heavy (non-hydrogen) atoms. The van der Waals surface area contributed by atoms with Gasteiger partial charge in [0.05, 0.1) is 0 Å². The van der Waals surface area contributed by atoms with Gasteiger partial charge in [0.1, 0.15) is 0 Å². The molecule has 0 aliphatic rings. The lowest BCUT2D eigenvalue weighted by atomic mass is 10.2. The molecule has 2 N–H and O–H groups in total. The Bertz CT molecular complexity index is 259. The lowest BCUT2D eigenvalue weighted by molar-refractivity contribution is 0.548. The lowest BCUT2D eigenvalue weighted by Crippen LogP contribution is -2.27. The second kappa shape index (κ2) is 8.25. The van der Waals surface area contributed by atoms with Crippen LogP contribution in [0.5, 0.6) is 0 Å². The molecule has 3 heteroatoms. The summed E-state index contributed by atoms with van der Waals surface area (Å²) in [5.41, 5.74) is 1.30. The highest BCUT2D eigenvalue weighted by atomic mass is 14.9. The lowest BCUT2D eigenvalue weighted by Gasteiger charge is -2.08. The molecule has 0 aromatic carbocycles. The van der Waals surface area contributed by atoms with Gasteiger partial charge in [0.2, 0.25) is 0 Å². The molecule has 1 aromatic heterocycles. The molecule has 0 amide bonds. The van der Waals surface area contributed by atoms with Crippen LogP contribution in [-0.4, -0.2) is 30.7 Å². The molecule has 0 saturated carbocycles. The van der Waals surface area contributed by atoms with Gasteiger partial charge in [-0.1, -0.05) is 19.9 Å². The molecule has 1 heterocycles. The minimum Gasteiger partial charge on any atom is -0.316 e. The third-order valence-electron chi connectivity index (χ3n) is 2.40. The van der Waals surface area contributed by atoms with Crippen LogP contribution in [0, 0.1) is 0 Å². The van der Waals surface area contributed by atoms with E-state index in [1.807, 2.05) is 18.5 Å². The van der Waals surface area contributed by atoms with E-state index in [4.69, 9.17) is 0 Å². The van der Waals surface area contributed by atoms with Crippen molar-refractivity contribution in [1.82, 2.24) is 15.6 Å². The summed E-state index contributed by atoms with van der Waals surface area (Å²) in [6.45, 7) is 7.57. The fourth-order valence-electron chi connectivity index (χ4n) is 1.51. The fourth-order valence-corrected chi connectivity index (χ4v) is 1.51. The summed E-state index contributed by atoms with van der Waals surface area (Å²) < 4.78 is 0. The first-order valence-corrected chi connectivity index (χ1v) is 6.12. The topological polar surface area (TPSA) is 37.0 Å². The first kappa shape index (κ1) is 13.1. The van der Waals surface area contributed by atoms with E-state index >= 15 is 0 Å². The summed E-state index contributed by atoms with van der Waals surface area (Å²) in [6.07, 6.45) is 5.99. The summed E-state index contributed by atoms with van der Waals surface area (Å²) in [4.78, 5) is 4.09. The number of hydrogen-bond donors (Lipinski definition) is 2. The maximum Gasteiger partial charge on any atom is 0.0300 e. The van der Waals surface area contributed by atoms with Crippen LogP contribution in [-0.2, 0) is 6.42 Å². The summed E-state index contributed by atoms with van der Waals surface area (Å²) in [5.74, 6) is 0. The van der Waals surface area contributed by atoms with Crippen LogP contribution >= 0.6 is 0 Å². The highest BCUT2D eigenvalue weighted by Gasteiger charge is 1.93. The van der Waals surface area contributed by atoms with E-state index in [1.165, 1.54) is 12.0 Å². The van der Waals surface area contributed by atoms with E-state index in [0.29, 0.717) is 6.04 Å². The normalized spacial score (nSPS) is 10.9. The van der Waals surface area contributed by atoms with Gasteiger partial charge in [-0.05, 0) is 44.1 Å². The van der Waals surface area contributed by atoms with E-state index in [0.717, 1.165) is 26.1 Å². The van der Waals surface area contributed by atoms with Crippen LogP contribution in [0.4, 0.5) is 0 Å². The van der Waals surface area contributed by atoms with Crippen LogP contribution in [0.25, 0.3) is 0 Å². The smallest absolute Gasteiger partial charge is 0.0300 e. The van der Waals surface area contributed by atoms with Crippen molar-refractivity contribution in [3.8, 4) is 0 Å². The summed E-state index contributed by atoms with van der Waals surface area (Å²) in [6, 6.07) is 4.70. The zero-order valence-electron chi connectivity index (χ0n) is 10.4. The van der Waals surface area contributed by atoms with Crippen molar-refractivity contribution in [2.75, 3.05) is 19.6 Å². The van der Waals surface area contributed by atoms with Crippen molar-refractivity contribution < 1.29 is 0 Å². The van der Waals surface area contributed by atoms with Gasteiger partial charge in [-0.15, -0.1) is 0 Å². The van der Waals surface area contributed by atoms with E-state index in [9.17, 15) is 0 Å². The van der Waals surface area contributed by atoms with Crippen LogP contribution in [0.3, 0.4) is 0 Å². The van der Waals surface area contributed by atoms with Gasteiger partial charge in [0.15, 0.2) is 0 Å². The van der Waals surface area contributed by atoms with Crippen molar-refractivity contribution in [2.24, 2.45) is 0 Å². The quantitative estimate of drug-likeness (QED) is 0.655. The molecule has 3 nitrogen and oxygen atoms in total. The maximum absolute atomic E-state index is 4.09. The first-order chi connectivity index (χ1) is 7.79. The van der Waals surface area contributed by atoms with Crippen molar-refractivity contribution >= 4 is 0 Å². The molecule has 0 atom stereocenters. The Morgan fingerprint density at radius 2 is 2.12 bits per heavy atom. The fraction of sp³-hybridized carbons (Fsp3) is 0.615. The minimum atomic E-state index is 0.593. The molecule has 0 aliphatic heterocycles. The standard InChI is InChI=1S/C13H23N3/c1-12(2)16-9-4-8-14-10-6-13-5-3-7-15-11-13/h3,5,7,11-12,14,16H,4,6,8-10H2,1-2H3. The Morgan fingerprint density at radius 3 is 2.81 bits per heavy atom. The molecule has 0 radical (unpaired) electrons. The molecular formula is C13H23N3. The number of rotatable bonds is 8. The molecule has 90 valence electrons. The zero-order valence-corrected chi connectivity index (χ0v) is 10.4. The highest BCUT2D eigenvalue weighted by Crippen LogP contribution is 1.95. The van der Waals surface area contributed by atoms with Crippen molar-refractivity contribution in [3.63, 3.8) is 0 Å². The highest BCUT2D eigenvalue weighted by molar-refractivity contribution is 5.08. The molecule has 1 aromatic rings. The number of hydrogen-bond acceptors (Lipinski definition) is 3. The zero-order chi connectivity index (χ0) is 11.6. The van der Waals surface area contributed by atoms with E-state index < -0.39 is 0 Å². The van der Waals surface area contributed by atoms with Crippen LogP contribution < -0.4 is 10.6 Å².